The van der Waals surface area contributed by atoms with E-state index in [-0.39, 0.29) is 22.5 Å². The third kappa shape index (κ3) is 3.19. The zero-order valence-corrected chi connectivity index (χ0v) is 10.5. The van der Waals surface area contributed by atoms with E-state index >= 15 is 0 Å². The van der Waals surface area contributed by atoms with E-state index < -0.39 is 17.7 Å². The van der Waals surface area contributed by atoms with Gasteiger partial charge in [-0.15, -0.1) is 0 Å². The number of rotatable bonds is 3. The molecule has 7 heteroatoms. The van der Waals surface area contributed by atoms with Gasteiger partial charge >= 0.3 is 5.97 Å². The SMILES string of the molecule is N#Cc1cc(F)ccc1NC(=O)c1ccnc(C(=O)O)c1. The summed E-state index contributed by atoms with van der Waals surface area (Å²) in [5.41, 5.74) is -0.105. The quantitative estimate of drug-likeness (QED) is 0.898. The van der Waals surface area contributed by atoms with Crippen LogP contribution in [0.3, 0.4) is 0 Å². The molecule has 1 heterocycles. The highest BCUT2D eigenvalue weighted by molar-refractivity contribution is 6.05. The standard InChI is InChI=1S/C14H8FN3O3/c15-10-1-2-11(9(5-10)7-16)18-13(19)8-3-4-17-12(6-8)14(20)21/h1-6H,(H,18,19)(H,20,21). The van der Waals surface area contributed by atoms with Crippen molar-refractivity contribution in [2.75, 3.05) is 5.32 Å². The number of aromatic carboxylic acids is 1. The second-order valence-corrected chi connectivity index (χ2v) is 3.99. The predicted molar refractivity (Wildman–Crippen MR) is 70.3 cm³/mol. The van der Waals surface area contributed by atoms with Crippen LogP contribution in [0.15, 0.2) is 36.5 Å². The Morgan fingerprint density at radius 2 is 2.05 bits per heavy atom. The van der Waals surface area contributed by atoms with Gasteiger partial charge in [0.15, 0.2) is 0 Å². The molecular formula is C14H8FN3O3. The summed E-state index contributed by atoms with van der Waals surface area (Å²) in [6, 6.07) is 7.55. The number of nitrogens with one attached hydrogen (secondary N) is 1. The van der Waals surface area contributed by atoms with E-state index in [4.69, 9.17) is 10.4 Å². The van der Waals surface area contributed by atoms with Crippen LogP contribution in [-0.2, 0) is 0 Å². The molecule has 6 nitrogen and oxygen atoms in total. The molecule has 2 aromatic rings. The first-order chi connectivity index (χ1) is 10.0. The summed E-state index contributed by atoms with van der Waals surface area (Å²) in [5, 5.41) is 20.1. The number of carboxylic acids is 1. The van der Waals surface area contributed by atoms with Crippen molar-refractivity contribution in [2.24, 2.45) is 0 Å². The maximum Gasteiger partial charge on any atom is 0.354 e. The number of hydrogen-bond acceptors (Lipinski definition) is 4. The molecular weight excluding hydrogens is 277 g/mol. The number of nitriles is 1. The molecule has 0 aliphatic carbocycles. The van der Waals surface area contributed by atoms with Crippen molar-refractivity contribution < 1.29 is 19.1 Å². The van der Waals surface area contributed by atoms with Gasteiger partial charge in [-0.25, -0.2) is 14.2 Å². The summed E-state index contributed by atoms with van der Waals surface area (Å²) in [6.45, 7) is 0. The number of carbonyl (C=O) groups is 2. The Labute approximate surface area is 118 Å². The van der Waals surface area contributed by atoms with Gasteiger partial charge in [0.05, 0.1) is 11.3 Å². The highest BCUT2D eigenvalue weighted by atomic mass is 19.1. The molecule has 2 N–H and O–H groups in total. The normalized spacial score (nSPS) is 9.71. The van der Waals surface area contributed by atoms with Gasteiger partial charge in [-0.2, -0.15) is 5.26 Å². The first-order valence-electron chi connectivity index (χ1n) is 5.71. The van der Waals surface area contributed by atoms with Crippen molar-refractivity contribution in [2.45, 2.75) is 0 Å². The van der Waals surface area contributed by atoms with E-state index in [1.165, 1.54) is 18.3 Å². The molecule has 2 rings (SSSR count). The van der Waals surface area contributed by atoms with Crippen molar-refractivity contribution in [1.82, 2.24) is 4.98 Å². The summed E-state index contributed by atoms with van der Waals surface area (Å²) in [5.74, 6) is -2.48. The maximum atomic E-state index is 13.0. The first kappa shape index (κ1) is 14.1. The summed E-state index contributed by atoms with van der Waals surface area (Å²) < 4.78 is 13.0. The van der Waals surface area contributed by atoms with Gasteiger partial charge in [0.2, 0.25) is 0 Å². The second kappa shape index (κ2) is 5.79. The second-order valence-electron chi connectivity index (χ2n) is 3.99. The smallest absolute Gasteiger partial charge is 0.354 e. The third-order valence-corrected chi connectivity index (χ3v) is 2.59. The van der Waals surface area contributed by atoms with Crippen LogP contribution < -0.4 is 5.32 Å². The lowest BCUT2D eigenvalue weighted by atomic mass is 10.1. The van der Waals surface area contributed by atoms with Crippen molar-refractivity contribution >= 4 is 17.6 Å². The van der Waals surface area contributed by atoms with Gasteiger partial charge in [-0.3, -0.25) is 4.79 Å². The number of halogens is 1. The number of hydrogen-bond donors (Lipinski definition) is 2. The number of nitrogens with zero attached hydrogens (tertiary/aromatic N) is 2. The predicted octanol–water partition coefficient (Wildman–Crippen LogP) is 2.04. The number of aromatic nitrogens is 1. The van der Waals surface area contributed by atoms with Gasteiger partial charge in [-0.1, -0.05) is 0 Å². The van der Waals surface area contributed by atoms with Crippen LogP contribution in [0.25, 0.3) is 0 Å². The molecule has 0 atom stereocenters. The van der Waals surface area contributed by atoms with Crippen LogP contribution in [0.5, 0.6) is 0 Å². The lowest BCUT2D eigenvalue weighted by molar-refractivity contribution is 0.0690. The van der Waals surface area contributed by atoms with E-state index in [2.05, 4.69) is 10.3 Å². The molecule has 0 aliphatic rings. The molecule has 0 fully saturated rings. The number of carbonyl (C=O) groups excluding carboxylic acids is 1. The van der Waals surface area contributed by atoms with Crippen LogP contribution in [0.4, 0.5) is 10.1 Å². The largest absolute Gasteiger partial charge is 0.477 e. The monoisotopic (exact) mass is 285 g/mol. The van der Waals surface area contributed by atoms with E-state index in [1.807, 2.05) is 0 Å². The minimum absolute atomic E-state index is 0.0316. The molecule has 21 heavy (non-hydrogen) atoms. The van der Waals surface area contributed by atoms with Gasteiger partial charge in [0.1, 0.15) is 17.6 Å². The molecule has 0 aliphatic heterocycles. The van der Waals surface area contributed by atoms with Crippen LogP contribution in [0.1, 0.15) is 26.4 Å². The van der Waals surface area contributed by atoms with Crippen molar-refractivity contribution in [3.05, 3.63) is 59.2 Å². The van der Waals surface area contributed by atoms with Crippen LogP contribution in [0.2, 0.25) is 0 Å². The Bertz CT molecular complexity index is 768. The number of amides is 1. The van der Waals surface area contributed by atoms with Gasteiger partial charge < -0.3 is 10.4 Å². The molecule has 1 aromatic heterocycles. The van der Waals surface area contributed by atoms with Gasteiger partial charge in [0, 0.05) is 11.8 Å². The van der Waals surface area contributed by atoms with E-state index in [0.717, 1.165) is 18.2 Å². The third-order valence-electron chi connectivity index (χ3n) is 2.59. The summed E-state index contributed by atoms with van der Waals surface area (Å²) in [7, 11) is 0. The number of benzene rings is 1. The Morgan fingerprint density at radius 3 is 2.71 bits per heavy atom. The molecule has 0 saturated carbocycles. The molecule has 0 saturated heterocycles. The highest BCUT2D eigenvalue weighted by Crippen LogP contribution is 2.17. The fourth-order valence-corrected chi connectivity index (χ4v) is 1.60. The van der Waals surface area contributed by atoms with Crippen molar-refractivity contribution in [3.8, 4) is 6.07 Å². The van der Waals surface area contributed by atoms with Crippen molar-refractivity contribution in [3.63, 3.8) is 0 Å². The Balaban J connectivity index is 2.28. The van der Waals surface area contributed by atoms with Gasteiger partial charge in [-0.05, 0) is 30.3 Å². The molecule has 0 bridgehead atoms. The van der Waals surface area contributed by atoms with Crippen molar-refractivity contribution in [1.29, 1.82) is 5.26 Å². The first-order valence-corrected chi connectivity index (χ1v) is 5.71. The minimum Gasteiger partial charge on any atom is -0.477 e. The highest BCUT2D eigenvalue weighted by Gasteiger charge is 2.13. The molecule has 104 valence electrons. The number of pyridine rings is 1. The average Bonchev–Trinajstić information content (AvgIpc) is 2.49. The minimum atomic E-state index is -1.26. The Hall–Kier alpha value is -3.27. The average molecular weight is 285 g/mol. The van der Waals surface area contributed by atoms with Gasteiger partial charge in [0.25, 0.3) is 5.91 Å². The van der Waals surface area contributed by atoms with E-state index in [9.17, 15) is 14.0 Å². The van der Waals surface area contributed by atoms with Crippen LogP contribution >= 0.6 is 0 Å². The van der Waals surface area contributed by atoms with Crippen LogP contribution in [-0.4, -0.2) is 22.0 Å². The zero-order valence-electron chi connectivity index (χ0n) is 10.5. The Morgan fingerprint density at radius 1 is 1.29 bits per heavy atom. The summed E-state index contributed by atoms with van der Waals surface area (Å²) in [6.07, 6.45) is 1.19. The zero-order chi connectivity index (χ0) is 15.4. The van der Waals surface area contributed by atoms with E-state index in [0.29, 0.717) is 0 Å². The maximum absolute atomic E-state index is 13.0. The lowest BCUT2D eigenvalue weighted by Gasteiger charge is -2.07. The molecule has 0 radical (unpaired) electrons. The fourth-order valence-electron chi connectivity index (χ4n) is 1.60. The molecule has 1 amide bonds. The topological polar surface area (TPSA) is 103 Å². The Kier molecular flexibility index (Phi) is 3.90. The van der Waals surface area contributed by atoms with Crippen LogP contribution in [0, 0.1) is 17.1 Å². The fraction of sp³-hybridized carbons (Fsp3) is 0. The number of carboxylic acid groups (broad SMARTS) is 1. The molecule has 0 spiro atoms. The number of anilines is 1. The summed E-state index contributed by atoms with van der Waals surface area (Å²) in [4.78, 5) is 26.4. The molecule has 1 aromatic carbocycles. The summed E-state index contributed by atoms with van der Waals surface area (Å²) >= 11 is 0. The lowest BCUT2D eigenvalue weighted by Crippen LogP contribution is -2.14. The molecule has 0 unspecified atom stereocenters. The van der Waals surface area contributed by atoms with E-state index in [1.54, 1.807) is 6.07 Å².